The van der Waals surface area contributed by atoms with Crippen LogP contribution in [-0.4, -0.2) is 30.1 Å². The van der Waals surface area contributed by atoms with Crippen molar-refractivity contribution in [2.45, 2.75) is 31.9 Å². The number of aromatic nitrogens is 5. The van der Waals surface area contributed by atoms with E-state index in [2.05, 4.69) is 25.4 Å². The van der Waals surface area contributed by atoms with Crippen LogP contribution >= 0.6 is 0 Å². The minimum Gasteiger partial charge on any atom is -0.281 e. The molecule has 0 aliphatic carbocycles. The van der Waals surface area contributed by atoms with Crippen LogP contribution < -0.4 is 0 Å². The fourth-order valence-corrected chi connectivity index (χ4v) is 4.44. The van der Waals surface area contributed by atoms with Crippen molar-refractivity contribution in [1.29, 1.82) is 0 Å². The molecular weight excluding hydrogens is 489 g/mol. The molecule has 192 valence electrons. The van der Waals surface area contributed by atoms with Crippen molar-refractivity contribution in [3.8, 4) is 0 Å². The lowest BCUT2D eigenvalue weighted by molar-refractivity contribution is -0.137. The molecule has 1 unspecified atom stereocenters. The van der Waals surface area contributed by atoms with E-state index in [0.29, 0.717) is 31.0 Å². The summed E-state index contributed by atoms with van der Waals surface area (Å²) in [6.07, 6.45) is -0.935. The van der Waals surface area contributed by atoms with Gasteiger partial charge < -0.3 is 0 Å². The second kappa shape index (κ2) is 11.4. The van der Waals surface area contributed by atoms with Crippen LogP contribution in [0.3, 0.4) is 0 Å². The Morgan fingerprint density at radius 2 is 1.37 bits per heavy atom. The first-order chi connectivity index (χ1) is 18.5. The van der Waals surface area contributed by atoms with Crippen molar-refractivity contribution in [3.05, 3.63) is 143 Å². The SMILES string of the molecule is FC(F)(F)c1ccc(C(c2nnnn2Cc2ccccc2)N(Cc2ccccc2)Cc2cccnc2)cc1. The number of hydrogen-bond donors (Lipinski definition) is 0. The van der Waals surface area contributed by atoms with Crippen LogP contribution in [0.2, 0.25) is 0 Å². The Morgan fingerprint density at radius 3 is 2.00 bits per heavy atom. The van der Waals surface area contributed by atoms with Gasteiger partial charge in [-0.3, -0.25) is 9.88 Å². The highest BCUT2D eigenvalue weighted by atomic mass is 19.4. The highest BCUT2D eigenvalue weighted by molar-refractivity contribution is 5.31. The van der Waals surface area contributed by atoms with Gasteiger partial charge in [-0.05, 0) is 50.9 Å². The van der Waals surface area contributed by atoms with Crippen molar-refractivity contribution in [3.63, 3.8) is 0 Å². The highest BCUT2D eigenvalue weighted by Gasteiger charge is 2.32. The summed E-state index contributed by atoms with van der Waals surface area (Å²) in [5.41, 5.74) is 2.97. The molecule has 0 spiro atoms. The lowest BCUT2D eigenvalue weighted by Gasteiger charge is -2.31. The van der Waals surface area contributed by atoms with E-state index in [1.54, 1.807) is 17.1 Å². The molecule has 0 bridgehead atoms. The van der Waals surface area contributed by atoms with Crippen LogP contribution in [0.15, 0.2) is 109 Å². The third-order valence-electron chi connectivity index (χ3n) is 6.24. The Morgan fingerprint density at radius 1 is 0.737 bits per heavy atom. The Balaban J connectivity index is 1.60. The molecular formula is C29H25F3N6. The van der Waals surface area contributed by atoms with E-state index in [9.17, 15) is 13.2 Å². The molecule has 0 amide bonds. The number of benzene rings is 3. The minimum atomic E-state index is -4.43. The molecule has 0 aliphatic rings. The molecule has 0 radical (unpaired) electrons. The molecule has 0 fully saturated rings. The zero-order valence-corrected chi connectivity index (χ0v) is 20.4. The molecule has 2 heterocycles. The lowest BCUT2D eigenvalue weighted by Crippen LogP contribution is -2.31. The Labute approximate surface area is 218 Å². The van der Waals surface area contributed by atoms with Crippen LogP contribution in [0.25, 0.3) is 0 Å². The van der Waals surface area contributed by atoms with Crippen molar-refractivity contribution >= 4 is 0 Å². The fourth-order valence-electron chi connectivity index (χ4n) is 4.44. The number of pyridine rings is 1. The van der Waals surface area contributed by atoms with E-state index in [1.807, 2.05) is 72.8 Å². The largest absolute Gasteiger partial charge is 0.416 e. The summed E-state index contributed by atoms with van der Waals surface area (Å²) in [5, 5.41) is 12.6. The molecule has 0 aliphatic heterocycles. The second-order valence-electron chi connectivity index (χ2n) is 8.95. The predicted molar refractivity (Wildman–Crippen MR) is 137 cm³/mol. The van der Waals surface area contributed by atoms with Gasteiger partial charge in [0.25, 0.3) is 0 Å². The standard InChI is InChI=1S/C29H25F3N6/c30-29(31,32)26-15-13-25(14-16-26)27(28-34-35-36-38(28)21-23-10-5-2-6-11-23)37(19-22-8-3-1-4-9-22)20-24-12-7-17-33-18-24/h1-18,27H,19-21H2. The molecule has 5 rings (SSSR count). The van der Waals surface area contributed by atoms with Gasteiger partial charge in [0.2, 0.25) is 0 Å². The van der Waals surface area contributed by atoms with Gasteiger partial charge in [0, 0.05) is 25.5 Å². The fraction of sp³-hybridized carbons (Fsp3) is 0.172. The van der Waals surface area contributed by atoms with E-state index in [0.717, 1.165) is 28.8 Å². The van der Waals surface area contributed by atoms with E-state index < -0.39 is 17.8 Å². The average Bonchev–Trinajstić information content (AvgIpc) is 3.38. The van der Waals surface area contributed by atoms with Crippen LogP contribution in [0.5, 0.6) is 0 Å². The van der Waals surface area contributed by atoms with E-state index >= 15 is 0 Å². The van der Waals surface area contributed by atoms with E-state index in [4.69, 9.17) is 0 Å². The molecule has 9 heteroatoms. The molecule has 6 nitrogen and oxygen atoms in total. The molecule has 0 saturated heterocycles. The summed E-state index contributed by atoms with van der Waals surface area (Å²) >= 11 is 0. The van der Waals surface area contributed by atoms with E-state index in [1.165, 1.54) is 12.1 Å². The molecule has 38 heavy (non-hydrogen) atoms. The first-order valence-electron chi connectivity index (χ1n) is 12.1. The maximum Gasteiger partial charge on any atom is 0.416 e. The van der Waals surface area contributed by atoms with Gasteiger partial charge in [-0.15, -0.1) is 5.10 Å². The monoisotopic (exact) mass is 514 g/mol. The van der Waals surface area contributed by atoms with Crippen molar-refractivity contribution in [2.75, 3.05) is 0 Å². The van der Waals surface area contributed by atoms with Gasteiger partial charge in [0.15, 0.2) is 5.82 Å². The van der Waals surface area contributed by atoms with Gasteiger partial charge >= 0.3 is 6.18 Å². The smallest absolute Gasteiger partial charge is 0.281 e. The van der Waals surface area contributed by atoms with Crippen LogP contribution in [-0.2, 0) is 25.8 Å². The zero-order chi connectivity index (χ0) is 26.4. The van der Waals surface area contributed by atoms with Crippen molar-refractivity contribution in [1.82, 2.24) is 30.1 Å². The summed E-state index contributed by atoms with van der Waals surface area (Å²) in [7, 11) is 0. The van der Waals surface area contributed by atoms with E-state index in [-0.39, 0.29) is 0 Å². The van der Waals surface area contributed by atoms with Gasteiger partial charge in [-0.25, -0.2) is 4.68 Å². The van der Waals surface area contributed by atoms with Crippen LogP contribution in [0.4, 0.5) is 13.2 Å². The Bertz CT molecular complexity index is 1380. The second-order valence-corrected chi connectivity index (χ2v) is 8.95. The normalized spacial score (nSPS) is 12.5. The third kappa shape index (κ3) is 6.12. The molecule has 0 N–H and O–H groups in total. The van der Waals surface area contributed by atoms with Gasteiger partial charge in [-0.1, -0.05) is 78.9 Å². The topological polar surface area (TPSA) is 59.7 Å². The molecule has 3 aromatic carbocycles. The number of tetrazole rings is 1. The van der Waals surface area contributed by atoms with Gasteiger partial charge in [0.1, 0.15) is 0 Å². The summed E-state index contributed by atoms with van der Waals surface area (Å²) in [6.45, 7) is 1.42. The maximum absolute atomic E-state index is 13.4. The number of rotatable bonds is 9. The van der Waals surface area contributed by atoms with Crippen molar-refractivity contribution < 1.29 is 13.2 Å². The third-order valence-corrected chi connectivity index (χ3v) is 6.24. The summed E-state index contributed by atoms with van der Waals surface area (Å²) in [6, 6.07) is 28.2. The molecule has 1 atom stereocenters. The van der Waals surface area contributed by atoms with Gasteiger partial charge in [0.05, 0.1) is 18.2 Å². The van der Waals surface area contributed by atoms with Crippen molar-refractivity contribution in [2.24, 2.45) is 0 Å². The molecule has 2 aromatic heterocycles. The first kappa shape index (κ1) is 25.3. The number of hydrogen-bond acceptors (Lipinski definition) is 5. The average molecular weight is 515 g/mol. The summed E-state index contributed by atoms with van der Waals surface area (Å²) < 4.78 is 41.8. The van der Waals surface area contributed by atoms with Gasteiger partial charge in [-0.2, -0.15) is 13.2 Å². The van der Waals surface area contributed by atoms with Crippen LogP contribution in [0.1, 0.15) is 39.7 Å². The molecule has 5 aromatic rings. The molecule has 0 saturated carbocycles. The number of alkyl halides is 3. The summed E-state index contributed by atoms with van der Waals surface area (Å²) in [5.74, 6) is 0.536. The highest BCUT2D eigenvalue weighted by Crippen LogP contribution is 2.34. The predicted octanol–water partition coefficient (Wildman–Crippen LogP) is 5.93. The Kier molecular flexibility index (Phi) is 7.55. The first-order valence-corrected chi connectivity index (χ1v) is 12.1. The maximum atomic E-state index is 13.4. The zero-order valence-electron chi connectivity index (χ0n) is 20.4. The van der Waals surface area contributed by atoms with Crippen LogP contribution in [0, 0.1) is 0 Å². The minimum absolute atomic E-state index is 0.423. The quantitative estimate of drug-likeness (QED) is 0.244. The number of nitrogens with zero attached hydrogens (tertiary/aromatic N) is 6. The lowest BCUT2D eigenvalue weighted by atomic mass is 10.0. The summed E-state index contributed by atoms with van der Waals surface area (Å²) in [4.78, 5) is 6.41. The number of halogens is 3. The Hall–Kier alpha value is -4.37.